The van der Waals surface area contributed by atoms with E-state index in [1.165, 1.54) is 60.1 Å². The second-order valence-electron chi connectivity index (χ2n) is 10.3. The lowest BCUT2D eigenvalue weighted by molar-refractivity contribution is 1.17. The first-order valence-corrected chi connectivity index (χ1v) is 13.4. The Kier molecular flexibility index (Phi) is 4.05. The summed E-state index contributed by atoms with van der Waals surface area (Å²) >= 11 is 0. The molecule has 0 bridgehead atoms. The van der Waals surface area contributed by atoms with E-state index < -0.39 is 0 Å². The van der Waals surface area contributed by atoms with Crippen molar-refractivity contribution < 1.29 is 0 Å². The number of fused-ring (bicyclic) bond motifs is 10. The van der Waals surface area contributed by atoms with Crippen LogP contribution < -0.4 is 0 Å². The highest BCUT2D eigenvalue weighted by atomic mass is 15.0. The van der Waals surface area contributed by atoms with E-state index in [-0.39, 0.29) is 0 Å². The van der Waals surface area contributed by atoms with Gasteiger partial charge in [0.15, 0.2) is 0 Å². The number of rotatable bonds is 2. The van der Waals surface area contributed by atoms with Gasteiger partial charge in [-0.25, -0.2) is 0 Å². The van der Waals surface area contributed by atoms with Gasteiger partial charge in [0, 0.05) is 43.5 Å². The topological polar surface area (TPSA) is 25.6 Å². The monoisotopic (exact) mass is 497 g/mol. The molecule has 0 unspecified atom stereocenters. The first-order chi connectivity index (χ1) is 19.4. The molecule has 9 rings (SSSR count). The average molecular weight is 498 g/mol. The van der Waals surface area contributed by atoms with E-state index in [1.807, 2.05) is 0 Å². The Morgan fingerprint density at radius 2 is 0.974 bits per heavy atom. The van der Waals surface area contributed by atoms with Crippen molar-refractivity contribution >= 4 is 65.4 Å². The summed E-state index contributed by atoms with van der Waals surface area (Å²) in [5.74, 6) is 0. The molecule has 0 atom stereocenters. The molecular weight excluding hydrogens is 474 g/mol. The lowest BCUT2D eigenvalue weighted by atomic mass is 10.1. The van der Waals surface area contributed by atoms with Gasteiger partial charge in [-0.2, -0.15) is 0 Å². The minimum absolute atomic E-state index is 1.15. The summed E-state index contributed by atoms with van der Waals surface area (Å²) < 4.78 is 4.90. The zero-order chi connectivity index (χ0) is 25.5. The molecule has 0 aliphatic heterocycles. The van der Waals surface area contributed by atoms with Crippen LogP contribution in [0.5, 0.6) is 0 Å². The molecule has 3 heteroatoms. The van der Waals surface area contributed by atoms with Crippen molar-refractivity contribution in [2.75, 3.05) is 0 Å². The molecule has 3 aromatic heterocycles. The molecule has 0 amide bonds. The first kappa shape index (κ1) is 20.7. The molecule has 182 valence electrons. The molecule has 0 fully saturated rings. The number of benzene rings is 6. The van der Waals surface area contributed by atoms with Crippen molar-refractivity contribution in [1.29, 1.82) is 0 Å². The van der Waals surface area contributed by atoms with Gasteiger partial charge in [0.05, 0.1) is 33.3 Å². The van der Waals surface area contributed by atoms with Crippen LogP contribution in [-0.4, -0.2) is 14.1 Å². The first-order valence-electron chi connectivity index (χ1n) is 13.4. The molecule has 6 aromatic carbocycles. The zero-order valence-corrected chi connectivity index (χ0v) is 21.1. The van der Waals surface area contributed by atoms with Crippen LogP contribution in [0.2, 0.25) is 0 Å². The van der Waals surface area contributed by atoms with Crippen LogP contribution in [-0.2, 0) is 0 Å². The molecule has 9 aromatic rings. The third-order valence-electron chi connectivity index (χ3n) is 8.23. The third kappa shape index (κ3) is 2.71. The molecule has 3 heterocycles. The van der Waals surface area contributed by atoms with Crippen molar-refractivity contribution in [3.05, 3.63) is 133 Å². The van der Waals surface area contributed by atoms with Crippen molar-refractivity contribution in [1.82, 2.24) is 14.1 Å². The van der Waals surface area contributed by atoms with Crippen LogP contribution in [0.3, 0.4) is 0 Å². The van der Waals surface area contributed by atoms with Crippen molar-refractivity contribution in [2.45, 2.75) is 0 Å². The number of nitrogens with zero attached hydrogens (tertiary/aromatic N) is 2. The number of aromatic nitrogens is 3. The summed E-state index contributed by atoms with van der Waals surface area (Å²) in [5, 5.41) is 7.50. The molecule has 0 aliphatic carbocycles. The van der Waals surface area contributed by atoms with Crippen LogP contribution in [0.15, 0.2) is 133 Å². The van der Waals surface area contributed by atoms with Gasteiger partial charge in [0.1, 0.15) is 0 Å². The average Bonchev–Trinajstić information content (AvgIpc) is 3.65. The van der Waals surface area contributed by atoms with Crippen LogP contribution in [0, 0.1) is 0 Å². The summed E-state index contributed by atoms with van der Waals surface area (Å²) in [6.07, 6.45) is 0. The van der Waals surface area contributed by atoms with Crippen LogP contribution >= 0.6 is 0 Å². The SMILES string of the molecule is c1ccc(-n2c3ccccc3c3c(-n4c5ccccc5c5ccccc54)cc4c5ccccc5[nH]c4c32)cc1. The smallest absolute Gasteiger partial charge is 0.0804 e. The lowest BCUT2D eigenvalue weighted by Gasteiger charge is -2.13. The van der Waals surface area contributed by atoms with Gasteiger partial charge in [-0.3, -0.25) is 0 Å². The molecule has 0 aliphatic rings. The molecule has 0 saturated heterocycles. The maximum Gasteiger partial charge on any atom is 0.0804 e. The largest absolute Gasteiger partial charge is 0.353 e. The molecule has 0 radical (unpaired) electrons. The fraction of sp³-hybridized carbons (Fsp3) is 0. The highest BCUT2D eigenvalue weighted by Gasteiger charge is 2.23. The third-order valence-corrected chi connectivity index (χ3v) is 8.23. The fourth-order valence-corrected chi connectivity index (χ4v) is 6.65. The maximum absolute atomic E-state index is 3.81. The van der Waals surface area contributed by atoms with Gasteiger partial charge in [-0.1, -0.05) is 91.0 Å². The summed E-state index contributed by atoms with van der Waals surface area (Å²) in [4.78, 5) is 3.81. The van der Waals surface area contributed by atoms with Crippen molar-refractivity contribution in [3.63, 3.8) is 0 Å². The van der Waals surface area contributed by atoms with E-state index in [4.69, 9.17) is 0 Å². The normalized spacial score (nSPS) is 12.1. The van der Waals surface area contributed by atoms with Crippen molar-refractivity contribution in [3.8, 4) is 11.4 Å². The van der Waals surface area contributed by atoms with Gasteiger partial charge >= 0.3 is 0 Å². The van der Waals surface area contributed by atoms with E-state index in [1.54, 1.807) is 0 Å². The Balaban J connectivity index is 1.61. The summed E-state index contributed by atoms with van der Waals surface area (Å²) in [6, 6.07) is 48.1. The predicted molar refractivity (Wildman–Crippen MR) is 164 cm³/mol. The van der Waals surface area contributed by atoms with E-state index in [0.29, 0.717) is 0 Å². The Morgan fingerprint density at radius 1 is 0.436 bits per heavy atom. The Labute approximate surface area is 224 Å². The van der Waals surface area contributed by atoms with Gasteiger partial charge in [0.25, 0.3) is 0 Å². The summed E-state index contributed by atoms with van der Waals surface area (Å²) in [7, 11) is 0. The molecule has 0 spiro atoms. The van der Waals surface area contributed by atoms with Gasteiger partial charge < -0.3 is 14.1 Å². The van der Waals surface area contributed by atoms with E-state index in [2.05, 4.69) is 148 Å². The van der Waals surface area contributed by atoms with E-state index in [9.17, 15) is 0 Å². The van der Waals surface area contributed by atoms with Crippen LogP contribution in [0.25, 0.3) is 76.8 Å². The standard InChI is InChI=1S/C36H23N3/c1-2-12-23(13-3-1)38-32-21-11-7-17-27(32)34-33(22-28-24-14-4-8-18-29(24)37-35(28)36(34)38)39-30-19-9-5-15-25(30)26-16-6-10-20-31(26)39/h1-22,37H. The molecule has 39 heavy (non-hydrogen) atoms. The minimum atomic E-state index is 1.15. The fourth-order valence-electron chi connectivity index (χ4n) is 6.65. The quantitative estimate of drug-likeness (QED) is 0.246. The second-order valence-corrected chi connectivity index (χ2v) is 10.3. The maximum atomic E-state index is 3.81. The highest BCUT2D eigenvalue weighted by Crippen LogP contribution is 2.44. The predicted octanol–water partition coefficient (Wildman–Crippen LogP) is 9.52. The lowest BCUT2D eigenvalue weighted by Crippen LogP contribution is -1.97. The highest BCUT2D eigenvalue weighted by molar-refractivity contribution is 6.26. The van der Waals surface area contributed by atoms with Gasteiger partial charge in [0.2, 0.25) is 0 Å². The zero-order valence-electron chi connectivity index (χ0n) is 21.1. The second kappa shape index (κ2) is 7.62. The summed E-state index contributed by atoms with van der Waals surface area (Å²) in [5.41, 5.74) is 9.51. The van der Waals surface area contributed by atoms with Gasteiger partial charge in [-0.05, 0) is 42.5 Å². The van der Waals surface area contributed by atoms with E-state index >= 15 is 0 Å². The molecular formula is C36H23N3. The Morgan fingerprint density at radius 3 is 1.67 bits per heavy atom. The Bertz CT molecular complexity index is 2330. The molecule has 3 nitrogen and oxygen atoms in total. The molecule has 1 N–H and O–H groups in total. The van der Waals surface area contributed by atoms with Crippen LogP contribution in [0.4, 0.5) is 0 Å². The number of hydrogen-bond donors (Lipinski definition) is 1. The van der Waals surface area contributed by atoms with E-state index in [0.717, 1.165) is 16.7 Å². The van der Waals surface area contributed by atoms with Gasteiger partial charge in [-0.15, -0.1) is 0 Å². The number of H-pyrrole nitrogens is 1. The number of para-hydroxylation sites is 5. The van der Waals surface area contributed by atoms with Crippen LogP contribution in [0.1, 0.15) is 0 Å². The summed E-state index contributed by atoms with van der Waals surface area (Å²) in [6.45, 7) is 0. The number of hydrogen-bond acceptors (Lipinski definition) is 0. The molecule has 0 saturated carbocycles. The number of nitrogens with one attached hydrogen (secondary N) is 1. The number of aromatic amines is 1. The minimum Gasteiger partial charge on any atom is -0.353 e. The Hall–Kier alpha value is -5.28. The van der Waals surface area contributed by atoms with Crippen molar-refractivity contribution in [2.24, 2.45) is 0 Å².